The van der Waals surface area contributed by atoms with Crippen molar-refractivity contribution in [1.29, 1.82) is 0 Å². The summed E-state index contributed by atoms with van der Waals surface area (Å²) in [6.45, 7) is 10.5. The molecule has 0 N–H and O–H groups in total. The minimum atomic E-state index is 0.211. The molecule has 0 aliphatic carbocycles. The number of para-hydroxylation sites is 2. The second kappa shape index (κ2) is 10.0. The lowest BCUT2D eigenvalue weighted by atomic mass is 9.96. The standard InChI is InChI=1S/C29H34N2O/c1-5-18-32-26-16-12-24(13-17-26)20-31-28-9-7-6-8-27(28)30-29(31)22(4)25-14-10-23(11-15-25)19-21(2)3/h6-17,21-22H,5,18-20H2,1-4H3/t22-/m1/s1. The smallest absolute Gasteiger partial charge is 0.119 e. The van der Waals surface area contributed by atoms with E-state index in [9.17, 15) is 0 Å². The summed E-state index contributed by atoms with van der Waals surface area (Å²) in [6, 6.07) is 26.0. The first-order chi connectivity index (χ1) is 15.5. The van der Waals surface area contributed by atoms with E-state index in [2.05, 4.69) is 105 Å². The summed E-state index contributed by atoms with van der Waals surface area (Å²) >= 11 is 0. The highest BCUT2D eigenvalue weighted by Gasteiger charge is 2.18. The van der Waals surface area contributed by atoms with Crippen molar-refractivity contribution in [3.63, 3.8) is 0 Å². The SMILES string of the molecule is CCCOc1ccc(Cn2c([C@H](C)c3ccc(CC(C)C)cc3)nc3ccccc32)cc1. The van der Waals surface area contributed by atoms with Crippen molar-refractivity contribution in [3.8, 4) is 5.75 Å². The quantitative estimate of drug-likeness (QED) is 0.282. The van der Waals surface area contributed by atoms with Crippen LogP contribution in [0.5, 0.6) is 5.75 Å². The third-order valence-electron chi connectivity index (χ3n) is 5.93. The van der Waals surface area contributed by atoms with Gasteiger partial charge in [0.1, 0.15) is 11.6 Å². The lowest BCUT2D eigenvalue weighted by molar-refractivity contribution is 0.317. The van der Waals surface area contributed by atoms with Crippen LogP contribution < -0.4 is 4.74 Å². The zero-order valence-electron chi connectivity index (χ0n) is 19.7. The number of aromatic nitrogens is 2. The second-order valence-electron chi connectivity index (χ2n) is 9.10. The summed E-state index contributed by atoms with van der Waals surface area (Å²) in [7, 11) is 0. The normalized spacial score (nSPS) is 12.4. The predicted molar refractivity (Wildman–Crippen MR) is 134 cm³/mol. The average molecular weight is 427 g/mol. The van der Waals surface area contributed by atoms with Crippen LogP contribution in [0.2, 0.25) is 0 Å². The number of fused-ring (bicyclic) bond motifs is 1. The van der Waals surface area contributed by atoms with E-state index >= 15 is 0 Å². The van der Waals surface area contributed by atoms with Crippen molar-refractivity contribution in [2.75, 3.05) is 6.61 Å². The van der Waals surface area contributed by atoms with Crippen molar-refractivity contribution >= 4 is 11.0 Å². The van der Waals surface area contributed by atoms with E-state index in [-0.39, 0.29) is 5.92 Å². The molecule has 0 saturated carbocycles. The topological polar surface area (TPSA) is 27.1 Å². The minimum absolute atomic E-state index is 0.211. The molecule has 0 unspecified atom stereocenters. The van der Waals surface area contributed by atoms with E-state index in [0.29, 0.717) is 5.92 Å². The Morgan fingerprint density at radius 2 is 1.53 bits per heavy atom. The molecule has 3 heteroatoms. The van der Waals surface area contributed by atoms with Crippen molar-refractivity contribution in [3.05, 3.63) is 95.3 Å². The van der Waals surface area contributed by atoms with Crippen LogP contribution >= 0.6 is 0 Å². The number of benzene rings is 3. The Morgan fingerprint density at radius 1 is 0.844 bits per heavy atom. The first-order valence-electron chi connectivity index (χ1n) is 11.8. The van der Waals surface area contributed by atoms with E-state index in [1.807, 2.05) is 0 Å². The number of hydrogen-bond donors (Lipinski definition) is 0. The zero-order chi connectivity index (χ0) is 22.5. The summed E-state index contributed by atoms with van der Waals surface area (Å²) in [6.07, 6.45) is 2.13. The van der Waals surface area contributed by atoms with Gasteiger partial charge >= 0.3 is 0 Å². The lowest BCUT2D eigenvalue weighted by Crippen LogP contribution is -2.09. The molecule has 0 fully saturated rings. The van der Waals surface area contributed by atoms with Crippen LogP contribution in [0.3, 0.4) is 0 Å². The van der Waals surface area contributed by atoms with Crippen LogP contribution in [0.1, 0.15) is 62.5 Å². The lowest BCUT2D eigenvalue weighted by Gasteiger charge is -2.16. The maximum absolute atomic E-state index is 5.75. The summed E-state index contributed by atoms with van der Waals surface area (Å²) in [5.41, 5.74) is 6.18. The fraction of sp³-hybridized carbons (Fsp3) is 0.345. The molecule has 0 radical (unpaired) electrons. The Hall–Kier alpha value is -3.07. The van der Waals surface area contributed by atoms with Gasteiger partial charge in [0.05, 0.1) is 17.6 Å². The highest BCUT2D eigenvalue weighted by molar-refractivity contribution is 5.76. The van der Waals surface area contributed by atoms with Crippen LogP contribution in [0.25, 0.3) is 11.0 Å². The van der Waals surface area contributed by atoms with E-state index < -0.39 is 0 Å². The maximum Gasteiger partial charge on any atom is 0.119 e. The van der Waals surface area contributed by atoms with E-state index in [1.54, 1.807) is 0 Å². The van der Waals surface area contributed by atoms with Crippen LogP contribution in [-0.2, 0) is 13.0 Å². The summed E-state index contributed by atoms with van der Waals surface area (Å²) in [4.78, 5) is 5.05. The molecule has 0 aliphatic rings. The van der Waals surface area contributed by atoms with Crippen LogP contribution in [0.15, 0.2) is 72.8 Å². The van der Waals surface area contributed by atoms with E-state index in [4.69, 9.17) is 9.72 Å². The molecule has 3 nitrogen and oxygen atoms in total. The Labute approximate surface area is 192 Å². The molecular weight excluding hydrogens is 392 g/mol. The van der Waals surface area contributed by atoms with Crippen LogP contribution in [0, 0.1) is 5.92 Å². The van der Waals surface area contributed by atoms with Gasteiger partial charge in [0, 0.05) is 12.5 Å². The third kappa shape index (κ3) is 5.04. The maximum atomic E-state index is 5.75. The number of imidazole rings is 1. The van der Waals surface area contributed by atoms with Gasteiger partial charge in [0.25, 0.3) is 0 Å². The van der Waals surface area contributed by atoms with Gasteiger partial charge in [-0.05, 0) is 59.7 Å². The number of nitrogens with zero attached hydrogens (tertiary/aromatic N) is 2. The molecule has 0 bridgehead atoms. The summed E-state index contributed by atoms with van der Waals surface area (Å²) in [5.74, 6) is 2.92. The molecule has 4 rings (SSSR count). The molecule has 0 spiro atoms. The minimum Gasteiger partial charge on any atom is -0.494 e. The monoisotopic (exact) mass is 426 g/mol. The number of hydrogen-bond acceptors (Lipinski definition) is 2. The Kier molecular flexibility index (Phi) is 6.94. The van der Waals surface area contributed by atoms with E-state index in [0.717, 1.165) is 43.1 Å². The molecule has 0 amide bonds. The van der Waals surface area contributed by atoms with E-state index in [1.165, 1.54) is 22.2 Å². The predicted octanol–water partition coefficient (Wildman–Crippen LogP) is 7.22. The van der Waals surface area contributed by atoms with Crippen molar-refractivity contribution in [2.45, 2.75) is 53.0 Å². The molecular formula is C29H34N2O. The highest BCUT2D eigenvalue weighted by Crippen LogP contribution is 2.29. The van der Waals surface area contributed by atoms with Gasteiger partial charge < -0.3 is 9.30 Å². The molecule has 4 aromatic rings. The van der Waals surface area contributed by atoms with Gasteiger partial charge in [-0.2, -0.15) is 0 Å². The highest BCUT2D eigenvalue weighted by atomic mass is 16.5. The Bertz CT molecular complexity index is 1140. The Balaban J connectivity index is 1.64. The molecule has 166 valence electrons. The van der Waals surface area contributed by atoms with Gasteiger partial charge in [0.2, 0.25) is 0 Å². The number of ether oxygens (including phenoxy) is 1. The van der Waals surface area contributed by atoms with Crippen LogP contribution in [0.4, 0.5) is 0 Å². The van der Waals surface area contributed by atoms with Gasteiger partial charge in [0.15, 0.2) is 0 Å². The average Bonchev–Trinajstić information content (AvgIpc) is 3.16. The fourth-order valence-electron chi connectivity index (χ4n) is 4.25. The summed E-state index contributed by atoms with van der Waals surface area (Å²) in [5, 5.41) is 0. The summed E-state index contributed by atoms with van der Waals surface area (Å²) < 4.78 is 8.11. The molecule has 0 saturated heterocycles. The van der Waals surface area contributed by atoms with Gasteiger partial charge in [-0.25, -0.2) is 4.98 Å². The molecule has 1 atom stereocenters. The Morgan fingerprint density at radius 3 is 2.22 bits per heavy atom. The molecule has 3 aromatic carbocycles. The first-order valence-corrected chi connectivity index (χ1v) is 11.8. The zero-order valence-corrected chi connectivity index (χ0v) is 19.7. The van der Waals surface area contributed by atoms with Crippen molar-refractivity contribution < 1.29 is 4.74 Å². The van der Waals surface area contributed by atoms with Crippen LogP contribution in [-0.4, -0.2) is 16.2 Å². The fourth-order valence-corrected chi connectivity index (χ4v) is 4.25. The van der Waals surface area contributed by atoms with Gasteiger partial charge in [-0.3, -0.25) is 0 Å². The van der Waals surface area contributed by atoms with Gasteiger partial charge in [-0.15, -0.1) is 0 Å². The molecule has 1 heterocycles. The van der Waals surface area contributed by atoms with Gasteiger partial charge in [-0.1, -0.05) is 76.2 Å². The first kappa shape index (κ1) is 22.1. The van der Waals surface area contributed by atoms with Crippen molar-refractivity contribution in [1.82, 2.24) is 9.55 Å². The number of rotatable bonds is 9. The molecule has 0 aliphatic heterocycles. The molecule has 1 aromatic heterocycles. The van der Waals surface area contributed by atoms with Crippen molar-refractivity contribution in [2.24, 2.45) is 5.92 Å². The largest absolute Gasteiger partial charge is 0.494 e. The third-order valence-corrected chi connectivity index (χ3v) is 5.93. The second-order valence-corrected chi connectivity index (χ2v) is 9.10. The molecule has 32 heavy (non-hydrogen) atoms.